The summed E-state index contributed by atoms with van der Waals surface area (Å²) in [5.74, 6) is 0.962. The van der Waals surface area contributed by atoms with Crippen molar-refractivity contribution in [1.82, 2.24) is 14.8 Å². The van der Waals surface area contributed by atoms with Crippen LogP contribution in [0.15, 0.2) is 35.3 Å². The Morgan fingerprint density at radius 3 is 2.29 bits per heavy atom. The van der Waals surface area contributed by atoms with E-state index in [2.05, 4.69) is 24.0 Å². The van der Waals surface area contributed by atoms with Gasteiger partial charge in [-0.2, -0.15) is 0 Å². The predicted molar refractivity (Wildman–Crippen MR) is 90.8 cm³/mol. The second-order valence-corrected chi connectivity index (χ2v) is 6.38. The van der Waals surface area contributed by atoms with Crippen LogP contribution in [0.3, 0.4) is 0 Å². The van der Waals surface area contributed by atoms with Crippen molar-refractivity contribution in [2.45, 2.75) is 13.5 Å². The number of aromatic nitrogens is 1. The molecule has 1 aromatic heterocycles. The minimum absolute atomic E-state index is 0.669. The summed E-state index contributed by atoms with van der Waals surface area (Å²) in [5.41, 5.74) is 2.24. The SMILES string of the molecule is Cc1nc(-c2ccccc2)sc1CN=C(N(C)C)N(C)C. The largest absolute Gasteiger partial charge is 0.349 e. The Balaban J connectivity index is 2.22. The Morgan fingerprint density at radius 2 is 1.71 bits per heavy atom. The monoisotopic (exact) mass is 302 g/mol. The van der Waals surface area contributed by atoms with Crippen LogP contribution in [-0.2, 0) is 6.54 Å². The van der Waals surface area contributed by atoms with Crippen LogP contribution >= 0.6 is 11.3 Å². The molecule has 0 aliphatic carbocycles. The van der Waals surface area contributed by atoms with E-state index in [1.165, 1.54) is 10.4 Å². The number of thiazole rings is 1. The van der Waals surface area contributed by atoms with Crippen molar-refractivity contribution in [1.29, 1.82) is 0 Å². The van der Waals surface area contributed by atoms with Crippen LogP contribution in [0.5, 0.6) is 0 Å². The second-order valence-electron chi connectivity index (χ2n) is 5.30. The number of hydrogen-bond acceptors (Lipinski definition) is 3. The highest BCUT2D eigenvalue weighted by atomic mass is 32.1. The van der Waals surface area contributed by atoms with Crippen molar-refractivity contribution >= 4 is 17.3 Å². The Labute approximate surface area is 130 Å². The Bertz CT molecular complexity index is 604. The van der Waals surface area contributed by atoms with Crippen molar-refractivity contribution in [3.63, 3.8) is 0 Å². The van der Waals surface area contributed by atoms with E-state index in [0.29, 0.717) is 6.54 Å². The fourth-order valence-electron chi connectivity index (χ4n) is 2.10. The lowest BCUT2D eigenvalue weighted by atomic mass is 10.2. The van der Waals surface area contributed by atoms with Gasteiger partial charge in [-0.05, 0) is 6.92 Å². The van der Waals surface area contributed by atoms with Gasteiger partial charge in [0.15, 0.2) is 5.96 Å². The van der Waals surface area contributed by atoms with E-state index in [1.54, 1.807) is 11.3 Å². The lowest BCUT2D eigenvalue weighted by molar-refractivity contribution is 0.479. The highest BCUT2D eigenvalue weighted by Crippen LogP contribution is 2.28. The van der Waals surface area contributed by atoms with E-state index in [9.17, 15) is 0 Å². The molecular formula is C16H22N4S. The van der Waals surface area contributed by atoms with Crippen molar-refractivity contribution in [3.8, 4) is 10.6 Å². The number of rotatable bonds is 3. The van der Waals surface area contributed by atoms with Crippen molar-refractivity contribution in [3.05, 3.63) is 40.9 Å². The van der Waals surface area contributed by atoms with Crippen LogP contribution in [0.4, 0.5) is 0 Å². The van der Waals surface area contributed by atoms with E-state index in [0.717, 1.165) is 16.7 Å². The summed E-state index contributed by atoms with van der Waals surface area (Å²) in [7, 11) is 8.03. The molecule has 112 valence electrons. The maximum Gasteiger partial charge on any atom is 0.195 e. The zero-order chi connectivity index (χ0) is 15.4. The van der Waals surface area contributed by atoms with Crippen molar-refractivity contribution in [2.75, 3.05) is 28.2 Å². The van der Waals surface area contributed by atoms with Gasteiger partial charge in [-0.1, -0.05) is 30.3 Å². The number of aryl methyl sites for hydroxylation is 1. The number of guanidine groups is 1. The van der Waals surface area contributed by atoms with Gasteiger partial charge in [0.25, 0.3) is 0 Å². The summed E-state index contributed by atoms with van der Waals surface area (Å²) in [6.07, 6.45) is 0. The van der Waals surface area contributed by atoms with Crippen LogP contribution in [-0.4, -0.2) is 48.9 Å². The van der Waals surface area contributed by atoms with Crippen LogP contribution in [0, 0.1) is 6.92 Å². The molecule has 0 radical (unpaired) electrons. The van der Waals surface area contributed by atoms with E-state index < -0.39 is 0 Å². The second kappa shape index (κ2) is 6.72. The first-order valence-corrected chi connectivity index (χ1v) is 7.71. The highest BCUT2D eigenvalue weighted by Gasteiger charge is 2.10. The maximum absolute atomic E-state index is 4.70. The normalized spacial score (nSPS) is 10.3. The quantitative estimate of drug-likeness (QED) is 0.645. The van der Waals surface area contributed by atoms with Crippen LogP contribution in [0.25, 0.3) is 10.6 Å². The Morgan fingerprint density at radius 1 is 1.10 bits per heavy atom. The van der Waals surface area contributed by atoms with E-state index >= 15 is 0 Å². The molecule has 0 bridgehead atoms. The van der Waals surface area contributed by atoms with Gasteiger partial charge in [-0.15, -0.1) is 11.3 Å². The minimum atomic E-state index is 0.669. The first-order valence-electron chi connectivity index (χ1n) is 6.90. The lowest BCUT2D eigenvalue weighted by Crippen LogP contribution is -2.35. The molecule has 2 aromatic rings. The fraction of sp³-hybridized carbons (Fsp3) is 0.375. The van der Waals surface area contributed by atoms with Gasteiger partial charge >= 0.3 is 0 Å². The zero-order valence-corrected chi connectivity index (χ0v) is 14.1. The molecule has 0 saturated heterocycles. The molecule has 0 aliphatic heterocycles. The molecule has 0 amide bonds. The maximum atomic E-state index is 4.70. The first kappa shape index (κ1) is 15.5. The van der Waals surface area contributed by atoms with Crippen molar-refractivity contribution in [2.24, 2.45) is 4.99 Å². The van der Waals surface area contributed by atoms with E-state index in [1.807, 2.05) is 56.2 Å². The Hall–Kier alpha value is -1.88. The van der Waals surface area contributed by atoms with Gasteiger partial charge < -0.3 is 9.80 Å². The van der Waals surface area contributed by atoms with Gasteiger partial charge in [0, 0.05) is 38.6 Å². The first-order chi connectivity index (χ1) is 9.99. The zero-order valence-electron chi connectivity index (χ0n) is 13.3. The third-order valence-electron chi connectivity index (χ3n) is 3.08. The average molecular weight is 302 g/mol. The number of hydrogen-bond donors (Lipinski definition) is 0. The summed E-state index contributed by atoms with van der Waals surface area (Å²) in [5, 5.41) is 1.06. The van der Waals surface area contributed by atoms with Crippen molar-refractivity contribution < 1.29 is 0 Å². The van der Waals surface area contributed by atoms with Crippen LogP contribution in [0.1, 0.15) is 10.6 Å². The number of benzene rings is 1. The molecule has 4 nitrogen and oxygen atoms in total. The predicted octanol–water partition coefficient (Wildman–Crippen LogP) is 3.10. The third-order valence-corrected chi connectivity index (χ3v) is 4.27. The molecule has 1 aromatic carbocycles. The molecular weight excluding hydrogens is 280 g/mol. The molecule has 0 atom stereocenters. The molecule has 0 unspecified atom stereocenters. The van der Waals surface area contributed by atoms with Gasteiger partial charge in [0.1, 0.15) is 5.01 Å². The summed E-state index contributed by atoms with van der Waals surface area (Å²) in [6.45, 7) is 2.72. The molecule has 0 saturated carbocycles. The molecule has 0 spiro atoms. The standard InChI is InChI=1S/C16H22N4S/c1-12-14(11-17-16(19(2)3)20(4)5)21-15(18-12)13-9-7-6-8-10-13/h6-10H,11H2,1-5H3. The highest BCUT2D eigenvalue weighted by molar-refractivity contribution is 7.15. The summed E-state index contributed by atoms with van der Waals surface area (Å²) in [6, 6.07) is 10.3. The molecule has 5 heteroatoms. The van der Waals surface area contributed by atoms with Gasteiger partial charge in [0.2, 0.25) is 0 Å². The minimum Gasteiger partial charge on any atom is -0.349 e. The number of aliphatic imine (C=N–C) groups is 1. The summed E-state index contributed by atoms with van der Waals surface area (Å²) in [4.78, 5) is 14.6. The fourth-order valence-corrected chi connectivity index (χ4v) is 3.10. The number of nitrogens with zero attached hydrogens (tertiary/aromatic N) is 4. The van der Waals surface area contributed by atoms with Gasteiger partial charge in [-0.25, -0.2) is 9.98 Å². The van der Waals surface area contributed by atoms with Crippen LogP contribution in [0.2, 0.25) is 0 Å². The van der Waals surface area contributed by atoms with Gasteiger partial charge in [0.05, 0.1) is 12.2 Å². The van der Waals surface area contributed by atoms with E-state index in [4.69, 9.17) is 4.99 Å². The smallest absolute Gasteiger partial charge is 0.195 e. The molecule has 2 rings (SSSR count). The Kier molecular flexibility index (Phi) is 4.96. The summed E-state index contributed by atoms with van der Waals surface area (Å²) >= 11 is 1.72. The van der Waals surface area contributed by atoms with Gasteiger partial charge in [-0.3, -0.25) is 0 Å². The third kappa shape index (κ3) is 3.82. The lowest BCUT2D eigenvalue weighted by Gasteiger charge is -2.22. The average Bonchev–Trinajstić information content (AvgIpc) is 2.81. The molecule has 0 N–H and O–H groups in total. The molecule has 21 heavy (non-hydrogen) atoms. The van der Waals surface area contributed by atoms with Crippen LogP contribution < -0.4 is 0 Å². The van der Waals surface area contributed by atoms with E-state index in [-0.39, 0.29) is 0 Å². The summed E-state index contributed by atoms with van der Waals surface area (Å²) < 4.78 is 0. The molecule has 0 aliphatic rings. The molecule has 0 fully saturated rings. The molecule has 1 heterocycles. The topological polar surface area (TPSA) is 31.7 Å².